The van der Waals surface area contributed by atoms with E-state index in [4.69, 9.17) is 16.3 Å². The van der Waals surface area contributed by atoms with Crippen LogP contribution in [0.15, 0.2) is 36.7 Å². The van der Waals surface area contributed by atoms with E-state index in [0.717, 1.165) is 5.56 Å². The zero-order valence-electron chi connectivity index (χ0n) is 13.6. The number of hydrogen-bond donors (Lipinski definition) is 1. The Kier molecular flexibility index (Phi) is 5.08. The van der Waals surface area contributed by atoms with E-state index in [-0.39, 0.29) is 23.6 Å². The van der Waals surface area contributed by atoms with E-state index in [1.54, 1.807) is 6.33 Å². The lowest BCUT2D eigenvalue weighted by atomic mass is 10.2. The van der Waals surface area contributed by atoms with E-state index in [0.29, 0.717) is 17.8 Å². The standard InChI is InChI=1S/C17H19ClN4O2/c1-11(2)22-10-19-14-15(18)20-16(21-17(14)22)13(23)9-24-8-12-6-4-3-5-7-12/h3-7,10-11,13,23H,8-9H2,1-2H3. The molecule has 1 N–H and O–H groups in total. The number of rotatable bonds is 6. The van der Waals surface area contributed by atoms with Crippen LogP contribution >= 0.6 is 11.6 Å². The quantitative estimate of drug-likeness (QED) is 0.693. The largest absolute Gasteiger partial charge is 0.383 e. The van der Waals surface area contributed by atoms with E-state index < -0.39 is 6.10 Å². The third-order valence-corrected chi connectivity index (χ3v) is 3.90. The number of aromatic nitrogens is 4. The van der Waals surface area contributed by atoms with Gasteiger partial charge in [-0.25, -0.2) is 15.0 Å². The van der Waals surface area contributed by atoms with Gasteiger partial charge >= 0.3 is 0 Å². The molecule has 1 atom stereocenters. The highest BCUT2D eigenvalue weighted by atomic mass is 35.5. The smallest absolute Gasteiger partial charge is 0.165 e. The zero-order chi connectivity index (χ0) is 17.1. The maximum Gasteiger partial charge on any atom is 0.165 e. The molecule has 0 amide bonds. The van der Waals surface area contributed by atoms with Crippen LogP contribution in [0.25, 0.3) is 11.2 Å². The summed E-state index contributed by atoms with van der Waals surface area (Å²) in [6, 6.07) is 9.94. The van der Waals surface area contributed by atoms with Crippen molar-refractivity contribution in [1.29, 1.82) is 0 Å². The Morgan fingerprint density at radius 2 is 1.96 bits per heavy atom. The molecule has 2 aromatic heterocycles. The molecule has 0 aliphatic heterocycles. The average Bonchev–Trinajstić information content (AvgIpc) is 3.00. The van der Waals surface area contributed by atoms with Gasteiger partial charge < -0.3 is 14.4 Å². The van der Waals surface area contributed by atoms with Crippen molar-refractivity contribution in [3.8, 4) is 0 Å². The molecule has 7 heteroatoms. The molecular weight excluding hydrogens is 328 g/mol. The molecule has 0 saturated heterocycles. The van der Waals surface area contributed by atoms with Gasteiger partial charge in [0.1, 0.15) is 11.6 Å². The maximum atomic E-state index is 10.3. The van der Waals surface area contributed by atoms with Gasteiger partial charge in [0.2, 0.25) is 0 Å². The molecule has 0 radical (unpaired) electrons. The van der Waals surface area contributed by atoms with Gasteiger partial charge in [-0.15, -0.1) is 0 Å². The predicted octanol–water partition coefficient (Wildman–Crippen LogP) is 3.31. The monoisotopic (exact) mass is 346 g/mol. The lowest BCUT2D eigenvalue weighted by molar-refractivity contribution is 0.0236. The molecule has 0 spiro atoms. The number of benzene rings is 1. The molecule has 2 heterocycles. The minimum absolute atomic E-state index is 0.0898. The van der Waals surface area contributed by atoms with Crippen molar-refractivity contribution in [1.82, 2.24) is 19.5 Å². The van der Waals surface area contributed by atoms with Gasteiger partial charge in [0.05, 0.1) is 19.5 Å². The van der Waals surface area contributed by atoms with Crippen LogP contribution in [-0.2, 0) is 11.3 Å². The molecule has 1 unspecified atom stereocenters. The number of aliphatic hydroxyl groups is 1. The number of hydrogen-bond acceptors (Lipinski definition) is 5. The van der Waals surface area contributed by atoms with E-state index >= 15 is 0 Å². The Bertz CT molecular complexity index is 820. The third-order valence-electron chi connectivity index (χ3n) is 3.64. The summed E-state index contributed by atoms with van der Waals surface area (Å²) in [5.74, 6) is 0.239. The maximum absolute atomic E-state index is 10.3. The van der Waals surface area contributed by atoms with Crippen molar-refractivity contribution >= 4 is 22.8 Å². The molecular formula is C17H19ClN4O2. The van der Waals surface area contributed by atoms with Gasteiger partial charge in [0.25, 0.3) is 0 Å². The SMILES string of the molecule is CC(C)n1cnc2c(Cl)nc(C(O)COCc3ccccc3)nc21. The van der Waals surface area contributed by atoms with E-state index in [1.165, 1.54) is 0 Å². The highest BCUT2D eigenvalue weighted by molar-refractivity contribution is 6.33. The second kappa shape index (κ2) is 7.25. The summed E-state index contributed by atoms with van der Waals surface area (Å²) in [5.41, 5.74) is 2.19. The van der Waals surface area contributed by atoms with Crippen LogP contribution < -0.4 is 0 Å². The summed E-state index contributed by atoms with van der Waals surface area (Å²) < 4.78 is 7.44. The van der Waals surface area contributed by atoms with E-state index in [2.05, 4.69) is 15.0 Å². The number of halogens is 1. The number of ether oxygens (including phenoxy) is 1. The molecule has 1 aromatic carbocycles. The van der Waals surface area contributed by atoms with Crippen molar-refractivity contribution < 1.29 is 9.84 Å². The summed E-state index contributed by atoms with van der Waals surface area (Å²) in [6.07, 6.45) is 0.726. The Labute approximate surface area is 145 Å². The van der Waals surface area contributed by atoms with Gasteiger partial charge in [0, 0.05) is 6.04 Å². The van der Waals surface area contributed by atoms with Crippen molar-refractivity contribution in [3.63, 3.8) is 0 Å². The first-order chi connectivity index (χ1) is 11.6. The molecule has 24 heavy (non-hydrogen) atoms. The zero-order valence-corrected chi connectivity index (χ0v) is 14.3. The van der Waals surface area contributed by atoms with Gasteiger partial charge in [-0.3, -0.25) is 0 Å². The van der Waals surface area contributed by atoms with Crippen LogP contribution in [0.4, 0.5) is 0 Å². The van der Waals surface area contributed by atoms with Gasteiger partial charge in [-0.2, -0.15) is 0 Å². The molecule has 126 valence electrons. The third kappa shape index (κ3) is 3.56. The summed E-state index contributed by atoms with van der Waals surface area (Å²) in [6.45, 7) is 4.55. The van der Waals surface area contributed by atoms with Gasteiger partial charge in [-0.05, 0) is 19.4 Å². The number of fused-ring (bicyclic) bond motifs is 1. The first kappa shape index (κ1) is 16.8. The minimum atomic E-state index is -0.953. The van der Waals surface area contributed by atoms with Crippen LogP contribution in [0.3, 0.4) is 0 Å². The van der Waals surface area contributed by atoms with Crippen molar-refractivity contribution in [2.24, 2.45) is 0 Å². The molecule has 0 aliphatic carbocycles. The fourth-order valence-corrected chi connectivity index (χ4v) is 2.58. The molecule has 0 aliphatic rings. The van der Waals surface area contributed by atoms with E-state index in [9.17, 15) is 5.11 Å². The Balaban J connectivity index is 1.74. The fourth-order valence-electron chi connectivity index (χ4n) is 2.36. The van der Waals surface area contributed by atoms with E-state index in [1.807, 2.05) is 48.7 Å². The normalized spacial score (nSPS) is 12.9. The van der Waals surface area contributed by atoms with Gasteiger partial charge in [-0.1, -0.05) is 41.9 Å². The second-order valence-corrected chi connectivity index (χ2v) is 6.16. The lowest BCUT2D eigenvalue weighted by Gasteiger charge is -2.12. The fraction of sp³-hybridized carbons (Fsp3) is 0.353. The lowest BCUT2D eigenvalue weighted by Crippen LogP contribution is -2.12. The first-order valence-electron chi connectivity index (χ1n) is 7.76. The second-order valence-electron chi connectivity index (χ2n) is 5.81. The summed E-state index contributed by atoms with van der Waals surface area (Å²) in [4.78, 5) is 12.8. The molecule has 0 fully saturated rings. The van der Waals surface area contributed by atoms with Crippen LogP contribution in [0.1, 0.15) is 37.4 Å². The van der Waals surface area contributed by atoms with Crippen LogP contribution in [0.5, 0.6) is 0 Å². The summed E-state index contributed by atoms with van der Waals surface area (Å²) in [5, 5.41) is 10.5. The molecule has 3 rings (SSSR count). The van der Waals surface area contributed by atoms with Gasteiger partial charge in [0.15, 0.2) is 16.6 Å². The Hall–Kier alpha value is -2.02. The Morgan fingerprint density at radius 3 is 2.67 bits per heavy atom. The molecule has 6 nitrogen and oxygen atoms in total. The molecule has 3 aromatic rings. The Morgan fingerprint density at radius 1 is 1.21 bits per heavy atom. The van der Waals surface area contributed by atoms with Crippen molar-refractivity contribution in [2.75, 3.05) is 6.61 Å². The topological polar surface area (TPSA) is 73.1 Å². The molecule has 0 saturated carbocycles. The number of imidazole rings is 1. The van der Waals surface area contributed by atoms with Crippen molar-refractivity contribution in [3.05, 3.63) is 53.2 Å². The van der Waals surface area contributed by atoms with Crippen molar-refractivity contribution in [2.45, 2.75) is 32.6 Å². The minimum Gasteiger partial charge on any atom is -0.383 e. The summed E-state index contributed by atoms with van der Waals surface area (Å²) >= 11 is 6.18. The average molecular weight is 347 g/mol. The van der Waals surface area contributed by atoms with Crippen LogP contribution in [-0.4, -0.2) is 31.2 Å². The highest BCUT2D eigenvalue weighted by Gasteiger charge is 2.18. The molecule has 0 bridgehead atoms. The number of aliphatic hydroxyl groups excluding tert-OH is 1. The highest BCUT2D eigenvalue weighted by Crippen LogP contribution is 2.23. The summed E-state index contributed by atoms with van der Waals surface area (Å²) in [7, 11) is 0. The predicted molar refractivity (Wildman–Crippen MR) is 91.8 cm³/mol. The first-order valence-corrected chi connectivity index (χ1v) is 8.13. The number of nitrogens with zero attached hydrogens (tertiary/aromatic N) is 4. The van der Waals surface area contributed by atoms with Crippen LogP contribution in [0, 0.1) is 0 Å². The van der Waals surface area contributed by atoms with Crippen LogP contribution in [0.2, 0.25) is 5.15 Å².